The molecule has 4 rings (SSSR count). The summed E-state index contributed by atoms with van der Waals surface area (Å²) >= 11 is 3.58. The van der Waals surface area contributed by atoms with Crippen molar-refractivity contribution in [3.63, 3.8) is 0 Å². The van der Waals surface area contributed by atoms with E-state index in [2.05, 4.69) is 15.9 Å². The second-order valence-electron chi connectivity index (χ2n) is 10.3. The van der Waals surface area contributed by atoms with Gasteiger partial charge in [-0.25, -0.2) is 0 Å². The Morgan fingerprint density at radius 3 is 2.39 bits per heavy atom. The molecule has 0 spiro atoms. The lowest BCUT2D eigenvalue weighted by molar-refractivity contribution is -0.130. The molecule has 5 N–H and O–H groups in total. The summed E-state index contributed by atoms with van der Waals surface area (Å²) in [5.41, 5.74) is -1.07. The first kappa shape index (κ1) is 23.3. The minimum absolute atomic E-state index is 0.0268. The lowest BCUT2D eigenvalue weighted by Crippen LogP contribution is -2.58. The fraction of sp³-hybridized carbons (Fsp3) is 0.739. The minimum Gasteiger partial charge on any atom is -0.486 e. The minimum atomic E-state index is -1.22. The first-order valence-corrected chi connectivity index (χ1v) is 11.7. The third kappa shape index (κ3) is 3.50. The SMILES string of the molecule is CC(C)(O)[C@H](O)CC[C@]1(C)Oc2c(Br)c(CO)c(CO)c3c2[C@H]2[C@@H](O3)[C@@](C)(O)CC[C@H]21. The van der Waals surface area contributed by atoms with Crippen molar-refractivity contribution in [3.8, 4) is 11.5 Å². The third-order valence-corrected chi connectivity index (χ3v) is 8.51. The highest BCUT2D eigenvalue weighted by Crippen LogP contribution is 2.64. The van der Waals surface area contributed by atoms with E-state index in [1.54, 1.807) is 20.8 Å². The van der Waals surface area contributed by atoms with Gasteiger partial charge in [0, 0.05) is 28.5 Å². The Labute approximate surface area is 191 Å². The van der Waals surface area contributed by atoms with Gasteiger partial charge in [-0.05, 0) is 69.3 Å². The van der Waals surface area contributed by atoms with Gasteiger partial charge in [-0.1, -0.05) is 0 Å². The van der Waals surface area contributed by atoms with Crippen LogP contribution in [0.1, 0.15) is 76.0 Å². The Kier molecular flexibility index (Phi) is 5.68. The number of rotatable bonds is 6. The highest BCUT2D eigenvalue weighted by Gasteiger charge is 2.61. The summed E-state index contributed by atoms with van der Waals surface area (Å²) < 4.78 is 13.5. The van der Waals surface area contributed by atoms with Gasteiger partial charge in [-0.2, -0.15) is 0 Å². The molecule has 1 saturated carbocycles. The Morgan fingerprint density at radius 1 is 1.16 bits per heavy atom. The van der Waals surface area contributed by atoms with Crippen molar-refractivity contribution in [2.45, 2.75) is 102 Å². The van der Waals surface area contributed by atoms with Gasteiger partial charge in [0.25, 0.3) is 0 Å². The largest absolute Gasteiger partial charge is 0.486 e. The van der Waals surface area contributed by atoms with E-state index in [1.807, 2.05) is 6.92 Å². The molecule has 0 saturated heterocycles. The maximum atomic E-state index is 11.1. The molecule has 3 aliphatic rings. The molecular formula is C23H33BrO7. The van der Waals surface area contributed by atoms with Crippen LogP contribution < -0.4 is 9.47 Å². The first-order valence-electron chi connectivity index (χ1n) is 10.9. The van der Waals surface area contributed by atoms with Crippen LogP contribution in [0, 0.1) is 5.92 Å². The summed E-state index contributed by atoms with van der Waals surface area (Å²) in [6.07, 6.45) is 0.726. The van der Waals surface area contributed by atoms with Gasteiger partial charge >= 0.3 is 0 Å². The standard InChI is InChI=1S/C23H33BrO7/c1-21(2,28)14(27)6-8-23(4)13-5-7-22(3,29)20-15(13)16-18(30-20)12(10-26)11(9-25)17(24)19(16)31-23/h13-15,20,25-29H,5-10H2,1-4H3/t13-,14-,15+,20-,22+,23+/m1/s1. The van der Waals surface area contributed by atoms with Crippen LogP contribution in [0.15, 0.2) is 4.47 Å². The van der Waals surface area contributed by atoms with Gasteiger partial charge in [0.1, 0.15) is 23.2 Å². The van der Waals surface area contributed by atoms with Crippen molar-refractivity contribution in [3.05, 3.63) is 21.2 Å². The monoisotopic (exact) mass is 500 g/mol. The molecule has 1 aliphatic carbocycles. The molecule has 6 atom stereocenters. The second kappa shape index (κ2) is 7.57. The Hall–Kier alpha value is -0.900. The molecule has 0 amide bonds. The number of ether oxygens (including phenoxy) is 2. The van der Waals surface area contributed by atoms with Gasteiger partial charge in [-0.3, -0.25) is 0 Å². The summed E-state index contributed by atoms with van der Waals surface area (Å²) in [6, 6.07) is 0. The topological polar surface area (TPSA) is 120 Å². The third-order valence-electron chi connectivity index (χ3n) is 7.67. The molecule has 0 aromatic heterocycles. The molecule has 7 nitrogen and oxygen atoms in total. The van der Waals surface area contributed by atoms with Crippen LogP contribution in [0.4, 0.5) is 0 Å². The van der Waals surface area contributed by atoms with E-state index < -0.39 is 29.0 Å². The van der Waals surface area contributed by atoms with Gasteiger partial charge in [-0.15, -0.1) is 0 Å². The van der Waals surface area contributed by atoms with E-state index in [0.29, 0.717) is 46.4 Å². The van der Waals surface area contributed by atoms with Crippen molar-refractivity contribution in [2.75, 3.05) is 0 Å². The molecule has 0 radical (unpaired) electrons. The highest BCUT2D eigenvalue weighted by molar-refractivity contribution is 9.10. The van der Waals surface area contributed by atoms with Crippen molar-refractivity contribution in [1.82, 2.24) is 0 Å². The number of hydrogen-bond donors (Lipinski definition) is 5. The molecule has 0 bridgehead atoms. The van der Waals surface area contributed by atoms with Crippen LogP contribution in [-0.4, -0.2) is 54.5 Å². The van der Waals surface area contributed by atoms with E-state index in [1.165, 1.54) is 0 Å². The maximum absolute atomic E-state index is 11.1. The number of halogens is 1. The highest BCUT2D eigenvalue weighted by atomic mass is 79.9. The summed E-state index contributed by atoms with van der Waals surface area (Å²) in [7, 11) is 0. The molecule has 1 aromatic carbocycles. The zero-order chi connectivity index (χ0) is 22.9. The van der Waals surface area contributed by atoms with E-state index in [9.17, 15) is 25.5 Å². The average molecular weight is 501 g/mol. The number of aliphatic hydroxyl groups excluding tert-OH is 3. The van der Waals surface area contributed by atoms with Crippen LogP contribution in [0.2, 0.25) is 0 Å². The maximum Gasteiger partial charge on any atom is 0.142 e. The number of benzene rings is 1. The van der Waals surface area contributed by atoms with Crippen molar-refractivity contribution < 1.29 is 35.0 Å². The predicted octanol–water partition coefficient (Wildman–Crippen LogP) is 2.50. The fourth-order valence-corrected chi connectivity index (χ4v) is 6.37. The molecule has 8 heteroatoms. The molecule has 1 aromatic rings. The smallest absolute Gasteiger partial charge is 0.142 e. The van der Waals surface area contributed by atoms with Gasteiger partial charge in [0.05, 0.1) is 35.0 Å². The van der Waals surface area contributed by atoms with Crippen molar-refractivity contribution >= 4 is 15.9 Å². The van der Waals surface area contributed by atoms with E-state index in [0.717, 1.165) is 12.0 Å². The Balaban J connectivity index is 1.83. The van der Waals surface area contributed by atoms with E-state index in [4.69, 9.17) is 9.47 Å². The first-order chi connectivity index (χ1) is 14.4. The van der Waals surface area contributed by atoms with Crippen molar-refractivity contribution in [2.24, 2.45) is 5.92 Å². The molecular weight excluding hydrogens is 468 g/mol. The van der Waals surface area contributed by atoms with Gasteiger partial charge < -0.3 is 35.0 Å². The predicted molar refractivity (Wildman–Crippen MR) is 117 cm³/mol. The summed E-state index contributed by atoms with van der Waals surface area (Å²) in [4.78, 5) is 0. The number of hydrogen-bond acceptors (Lipinski definition) is 7. The average Bonchev–Trinajstić information content (AvgIpc) is 3.08. The molecule has 2 heterocycles. The normalized spacial score (nSPS) is 34.7. The molecule has 174 valence electrons. The lowest BCUT2D eigenvalue weighted by Gasteiger charge is -2.52. The van der Waals surface area contributed by atoms with E-state index in [-0.39, 0.29) is 25.0 Å². The number of aliphatic hydroxyl groups is 5. The van der Waals surface area contributed by atoms with Crippen molar-refractivity contribution in [1.29, 1.82) is 0 Å². The zero-order valence-corrected chi connectivity index (χ0v) is 20.1. The summed E-state index contributed by atoms with van der Waals surface area (Å²) in [6.45, 7) is 6.37. The molecule has 31 heavy (non-hydrogen) atoms. The molecule has 2 aliphatic heterocycles. The second-order valence-corrected chi connectivity index (χ2v) is 11.1. The van der Waals surface area contributed by atoms with Crippen LogP contribution in [0.5, 0.6) is 11.5 Å². The zero-order valence-electron chi connectivity index (χ0n) is 18.5. The summed E-state index contributed by atoms with van der Waals surface area (Å²) in [5.74, 6) is 0.962. The van der Waals surface area contributed by atoms with Gasteiger partial charge in [0.15, 0.2) is 0 Å². The van der Waals surface area contributed by atoms with Crippen LogP contribution in [-0.2, 0) is 13.2 Å². The summed E-state index contributed by atoms with van der Waals surface area (Å²) in [5, 5.41) is 51.8. The van der Waals surface area contributed by atoms with Crippen LogP contribution in [0.3, 0.4) is 0 Å². The Bertz CT molecular complexity index is 878. The molecule has 1 fully saturated rings. The van der Waals surface area contributed by atoms with Crippen LogP contribution in [0.25, 0.3) is 0 Å². The van der Waals surface area contributed by atoms with Crippen LogP contribution >= 0.6 is 15.9 Å². The Morgan fingerprint density at radius 2 is 1.81 bits per heavy atom. The lowest BCUT2D eigenvalue weighted by atomic mass is 9.60. The molecule has 0 unspecified atom stereocenters. The fourth-order valence-electron chi connectivity index (χ4n) is 5.71. The van der Waals surface area contributed by atoms with E-state index >= 15 is 0 Å². The quantitative estimate of drug-likeness (QED) is 0.407. The van der Waals surface area contributed by atoms with Gasteiger partial charge in [0.2, 0.25) is 0 Å².